The van der Waals surface area contributed by atoms with Gasteiger partial charge < -0.3 is 0 Å². The lowest BCUT2D eigenvalue weighted by atomic mass is 10.0. The summed E-state index contributed by atoms with van der Waals surface area (Å²) in [6.07, 6.45) is 3.11. The Morgan fingerprint density at radius 1 is 1.36 bits per heavy atom. The van der Waals surface area contributed by atoms with E-state index in [-0.39, 0.29) is 14.8 Å². The Morgan fingerprint density at radius 2 is 2.07 bits per heavy atom. The maximum absolute atomic E-state index is 10.4. The van der Waals surface area contributed by atoms with Crippen LogP contribution in [0.3, 0.4) is 0 Å². The minimum atomic E-state index is -0.235. The molecule has 1 aromatic rings. The van der Waals surface area contributed by atoms with Crippen molar-refractivity contribution in [2.45, 2.75) is 32.3 Å². The van der Waals surface area contributed by atoms with E-state index in [9.17, 15) is 4.57 Å². The molecule has 0 amide bonds. The topological polar surface area (TPSA) is 26.3 Å². The standard InChI is InChI=1S/C11H15O2P/c1-2-3-9-11(13-14-12)10-7-5-4-6-8-10/h4-8,11H,2-3,9H2,1H3. The van der Waals surface area contributed by atoms with Gasteiger partial charge in [0.05, 0.1) is 6.10 Å². The highest BCUT2D eigenvalue weighted by Crippen LogP contribution is 2.26. The van der Waals surface area contributed by atoms with Crippen molar-refractivity contribution in [2.24, 2.45) is 0 Å². The number of hydrogen-bond acceptors (Lipinski definition) is 2. The van der Waals surface area contributed by atoms with Crippen molar-refractivity contribution < 1.29 is 9.09 Å². The van der Waals surface area contributed by atoms with Crippen LogP contribution in [0.5, 0.6) is 0 Å². The van der Waals surface area contributed by atoms with E-state index in [2.05, 4.69) is 6.92 Å². The van der Waals surface area contributed by atoms with Crippen LogP contribution in [0, 0.1) is 0 Å². The average Bonchev–Trinajstić information content (AvgIpc) is 2.25. The fourth-order valence-corrected chi connectivity index (χ4v) is 1.72. The fourth-order valence-electron chi connectivity index (χ4n) is 1.39. The van der Waals surface area contributed by atoms with Gasteiger partial charge in [0.2, 0.25) is 0 Å². The molecule has 0 saturated heterocycles. The first-order valence-electron chi connectivity index (χ1n) is 4.92. The number of unbranched alkanes of at least 4 members (excludes halogenated alkanes) is 1. The van der Waals surface area contributed by atoms with Gasteiger partial charge in [-0.05, 0) is 12.0 Å². The number of hydrogen-bond donors (Lipinski definition) is 0. The van der Waals surface area contributed by atoms with Crippen LogP contribution in [-0.4, -0.2) is 0 Å². The predicted octanol–water partition coefficient (Wildman–Crippen LogP) is 4.14. The largest absolute Gasteiger partial charge is 0.327 e. The van der Waals surface area contributed by atoms with Gasteiger partial charge in [-0.3, -0.25) is 4.52 Å². The molecule has 1 unspecified atom stereocenters. The molecule has 0 heterocycles. The molecule has 0 aromatic heterocycles. The zero-order valence-corrected chi connectivity index (χ0v) is 9.24. The van der Waals surface area contributed by atoms with Crippen molar-refractivity contribution in [3.8, 4) is 0 Å². The monoisotopic (exact) mass is 210 g/mol. The van der Waals surface area contributed by atoms with E-state index < -0.39 is 0 Å². The SMILES string of the molecule is CCCCC(OP=O)c1ccccc1. The summed E-state index contributed by atoms with van der Waals surface area (Å²) in [6, 6.07) is 9.92. The van der Waals surface area contributed by atoms with Gasteiger partial charge >= 0.3 is 8.69 Å². The zero-order chi connectivity index (χ0) is 10.2. The number of benzene rings is 1. The summed E-state index contributed by atoms with van der Waals surface area (Å²) in [5, 5.41) is 0. The lowest BCUT2D eigenvalue weighted by Crippen LogP contribution is -1.98. The van der Waals surface area contributed by atoms with Gasteiger partial charge in [0.1, 0.15) is 0 Å². The van der Waals surface area contributed by atoms with E-state index in [0.29, 0.717) is 0 Å². The Labute approximate surface area is 86.6 Å². The van der Waals surface area contributed by atoms with Gasteiger partial charge in [-0.25, -0.2) is 4.57 Å². The van der Waals surface area contributed by atoms with Crippen molar-refractivity contribution in [3.63, 3.8) is 0 Å². The minimum absolute atomic E-state index is 0.0321. The molecule has 0 aliphatic carbocycles. The Bertz CT molecular complexity index is 261. The summed E-state index contributed by atoms with van der Waals surface area (Å²) in [6.45, 7) is 2.14. The van der Waals surface area contributed by atoms with E-state index in [1.807, 2.05) is 30.3 Å². The highest BCUT2D eigenvalue weighted by Gasteiger charge is 2.10. The first kappa shape index (κ1) is 11.4. The van der Waals surface area contributed by atoms with E-state index in [0.717, 1.165) is 24.8 Å². The van der Waals surface area contributed by atoms with Crippen LogP contribution in [0.1, 0.15) is 37.9 Å². The van der Waals surface area contributed by atoms with E-state index in [1.165, 1.54) is 0 Å². The van der Waals surface area contributed by atoms with Gasteiger partial charge in [0.25, 0.3) is 0 Å². The molecule has 0 fully saturated rings. The molecule has 0 saturated carbocycles. The fraction of sp³-hybridized carbons (Fsp3) is 0.455. The van der Waals surface area contributed by atoms with Crippen molar-refractivity contribution in [3.05, 3.63) is 35.9 Å². The molecular weight excluding hydrogens is 195 g/mol. The van der Waals surface area contributed by atoms with Crippen LogP contribution in [-0.2, 0) is 9.09 Å². The maximum Gasteiger partial charge on any atom is 0.327 e. The lowest BCUT2D eigenvalue weighted by molar-refractivity contribution is 0.213. The molecule has 0 radical (unpaired) electrons. The van der Waals surface area contributed by atoms with Crippen LogP contribution in [0.25, 0.3) is 0 Å². The minimum Gasteiger partial charge on any atom is -0.286 e. The summed E-state index contributed by atoms with van der Waals surface area (Å²) >= 11 is 0. The highest BCUT2D eigenvalue weighted by atomic mass is 31.1. The first-order chi connectivity index (χ1) is 6.88. The molecule has 2 nitrogen and oxygen atoms in total. The van der Waals surface area contributed by atoms with Gasteiger partial charge in [-0.1, -0.05) is 50.1 Å². The molecule has 76 valence electrons. The highest BCUT2D eigenvalue weighted by molar-refractivity contribution is 7.17. The molecule has 0 aliphatic rings. The van der Waals surface area contributed by atoms with Crippen LogP contribution in [0.2, 0.25) is 0 Å². The van der Waals surface area contributed by atoms with Gasteiger partial charge in [0.15, 0.2) is 0 Å². The maximum atomic E-state index is 10.4. The molecule has 0 N–H and O–H groups in total. The Morgan fingerprint density at radius 3 is 2.64 bits per heavy atom. The molecular formula is C11H15O2P. The van der Waals surface area contributed by atoms with Gasteiger partial charge in [-0.2, -0.15) is 0 Å². The van der Waals surface area contributed by atoms with Crippen molar-refractivity contribution in [1.29, 1.82) is 0 Å². The van der Waals surface area contributed by atoms with Gasteiger partial charge in [-0.15, -0.1) is 0 Å². The molecule has 0 bridgehead atoms. The van der Waals surface area contributed by atoms with Crippen LogP contribution in [0.4, 0.5) is 0 Å². The third-order valence-electron chi connectivity index (χ3n) is 2.16. The Hall–Kier alpha value is -0.720. The normalized spacial score (nSPS) is 12.9. The third-order valence-corrected chi connectivity index (χ3v) is 2.50. The predicted molar refractivity (Wildman–Crippen MR) is 57.4 cm³/mol. The van der Waals surface area contributed by atoms with Crippen molar-refractivity contribution in [2.75, 3.05) is 0 Å². The van der Waals surface area contributed by atoms with Gasteiger partial charge in [0, 0.05) is 0 Å². The van der Waals surface area contributed by atoms with Crippen LogP contribution in [0.15, 0.2) is 30.3 Å². The second kappa shape index (κ2) is 6.69. The zero-order valence-electron chi connectivity index (χ0n) is 8.35. The van der Waals surface area contributed by atoms with Crippen LogP contribution >= 0.6 is 8.69 Å². The third kappa shape index (κ3) is 3.57. The summed E-state index contributed by atoms with van der Waals surface area (Å²) < 4.78 is 15.6. The van der Waals surface area contributed by atoms with E-state index >= 15 is 0 Å². The second-order valence-electron chi connectivity index (χ2n) is 3.22. The first-order valence-corrected chi connectivity index (χ1v) is 5.65. The van der Waals surface area contributed by atoms with E-state index in [1.54, 1.807) is 0 Å². The Balaban J connectivity index is 2.62. The average molecular weight is 210 g/mol. The van der Waals surface area contributed by atoms with Crippen molar-refractivity contribution in [1.82, 2.24) is 0 Å². The second-order valence-corrected chi connectivity index (χ2v) is 3.58. The molecule has 0 spiro atoms. The molecule has 1 rings (SSSR count). The molecule has 1 atom stereocenters. The molecule has 0 aliphatic heterocycles. The summed E-state index contributed by atoms with van der Waals surface area (Å²) in [5.74, 6) is 0. The Kier molecular flexibility index (Phi) is 5.43. The molecule has 1 aromatic carbocycles. The van der Waals surface area contributed by atoms with Crippen molar-refractivity contribution >= 4 is 8.69 Å². The molecule has 3 heteroatoms. The molecule has 14 heavy (non-hydrogen) atoms. The summed E-state index contributed by atoms with van der Waals surface area (Å²) in [7, 11) is -0.235. The summed E-state index contributed by atoms with van der Waals surface area (Å²) in [4.78, 5) is 0. The quantitative estimate of drug-likeness (QED) is 0.659. The smallest absolute Gasteiger partial charge is 0.286 e. The lowest BCUT2D eigenvalue weighted by Gasteiger charge is -2.12. The number of rotatable bonds is 6. The summed E-state index contributed by atoms with van der Waals surface area (Å²) in [5.41, 5.74) is 1.10. The van der Waals surface area contributed by atoms with Crippen LogP contribution < -0.4 is 0 Å². The van der Waals surface area contributed by atoms with E-state index in [4.69, 9.17) is 4.52 Å².